The summed E-state index contributed by atoms with van der Waals surface area (Å²) < 4.78 is 44.7. The van der Waals surface area contributed by atoms with Crippen LogP contribution in [-0.2, 0) is 11.0 Å². The Kier molecular flexibility index (Phi) is 6.91. The Labute approximate surface area is 186 Å². The third-order valence-corrected chi connectivity index (χ3v) is 4.21. The van der Waals surface area contributed by atoms with Crippen molar-refractivity contribution in [2.45, 2.75) is 13.1 Å². The molecule has 0 fully saturated rings. The lowest BCUT2D eigenvalue weighted by atomic mass is 10.1. The highest BCUT2D eigenvalue weighted by atomic mass is 19.4. The highest BCUT2D eigenvalue weighted by molar-refractivity contribution is 6.00. The number of benzene rings is 2. The molecule has 8 nitrogen and oxygen atoms in total. The summed E-state index contributed by atoms with van der Waals surface area (Å²) in [6.45, 7) is 4.69. The van der Waals surface area contributed by atoms with Crippen LogP contribution in [0.3, 0.4) is 0 Å². The Bertz CT molecular complexity index is 1180. The van der Waals surface area contributed by atoms with E-state index in [4.69, 9.17) is 4.74 Å². The van der Waals surface area contributed by atoms with E-state index in [0.717, 1.165) is 12.1 Å². The summed E-state index contributed by atoms with van der Waals surface area (Å²) in [5.41, 5.74) is -0.375. The van der Waals surface area contributed by atoms with Crippen LogP contribution in [0.4, 0.5) is 35.2 Å². The van der Waals surface area contributed by atoms with Gasteiger partial charge in [-0.2, -0.15) is 13.2 Å². The second kappa shape index (κ2) is 9.81. The molecule has 3 aromatic rings. The first kappa shape index (κ1) is 23.3. The topological polar surface area (TPSA) is 105 Å². The molecule has 0 bridgehead atoms. The predicted octanol–water partition coefficient (Wildman–Crippen LogP) is 5.36. The third-order valence-electron chi connectivity index (χ3n) is 4.21. The second-order valence-corrected chi connectivity index (χ2v) is 6.67. The van der Waals surface area contributed by atoms with Gasteiger partial charge in [0.1, 0.15) is 17.9 Å². The van der Waals surface area contributed by atoms with Crippen molar-refractivity contribution >= 4 is 29.1 Å². The van der Waals surface area contributed by atoms with Crippen molar-refractivity contribution in [1.82, 2.24) is 9.97 Å². The van der Waals surface area contributed by atoms with Crippen molar-refractivity contribution in [1.29, 1.82) is 0 Å². The first-order chi connectivity index (χ1) is 15.6. The second-order valence-electron chi connectivity index (χ2n) is 6.67. The molecule has 0 saturated heterocycles. The normalized spacial score (nSPS) is 10.8. The number of aromatic nitrogens is 2. The maximum Gasteiger partial charge on any atom is 0.416 e. The Balaban J connectivity index is 1.61. The molecule has 3 amide bonds. The van der Waals surface area contributed by atoms with Crippen LogP contribution in [0.2, 0.25) is 0 Å². The minimum atomic E-state index is -4.52. The fourth-order valence-corrected chi connectivity index (χ4v) is 2.67. The van der Waals surface area contributed by atoms with Crippen molar-refractivity contribution in [2.75, 3.05) is 16.0 Å². The van der Waals surface area contributed by atoms with Gasteiger partial charge in [-0.15, -0.1) is 0 Å². The van der Waals surface area contributed by atoms with Gasteiger partial charge in [-0.3, -0.25) is 4.79 Å². The standard InChI is InChI=1S/C22H18F3N5O3/c1-3-19(31)30-18-11-20(27-12-26-18)33-16-8-6-14(7-9-16)28-21(32)29-15-5-4-13(2)17(10-15)22(23,24)25/h3-12H,1H2,2H3,(H2,28,29,32)(H,26,27,30,31). The number of halogens is 3. The maximum atomic E-state index is 13.0. The lowest BCUT2D eigenvalue weighted by molar-refractivity contribution is -0.138. The third kappa shape index (κ3) is 6.53. The first-order valence-electron chi connectivity index (χ1n) is 9.43. The van der Waals surface area contributed by atoms with E-state index >= 15 is 0 Å². The molecule has 0 radical (unpaired) electrons. The van der Waals surface area contributed by atoms with E-state index in [0.29, 0.717) is 11.4 Å². The van der Waals surface area contributed by atoms with Crippen molar-refractivity contribution in [3.63, 3.8) is 0 Å². The van der Waals surface area contributed by atoms with Crippen LogP contribution in [0.1, 0.15) is 11.1 Å². The van der Waals surface area contributed by atoms with Crippen LogP contribution in [0.5, 0.6) is 11.6 Å². The van der Waals surface area contributed by atoms with Crippen molar-refractivity contribution in [3.05, 3.63) is 78.6 Å². The number of carbonyl (C=O) groups excluding carboxylic acids is 2. The number of aryl methyl sites for hydroxylation is 1. The van der Waals surface area contributed by atoms with Gasteiger partial charge in [-0.1, -0.05) is 12.6 Å². The van der Waals surface area contributed by atoms with E-state index < -0.39 is 23.7 Å². The molecular weight excluding hydrogens is 439 g/mol. The highest BCUT2D eigenvalue weighted by Crippen LogP contribution is 2.33. The summed E-state index contributed by atoms with van der Waals surface area (Å²) in [4.78, 5) is 31.3. The number of amides is 3. The number of hydrogen-bond acceptors (Lipinski definition) is 5. The fourth-order valence-electron chi connectivity index (χ4n) is 2.67. The van der Waals surface area contributed by atoms with Crippen LogP contribution >= 0.6 is 0 Å². The molecule has 1 aromatic heterocycles. The van der Waals surface area contributed by atoms with Gasteiger partial charge in [-0.05, 0) is 55.0 Å². The minimum absolute atomic E-state index is 0.00786. The van der Waals surface area contributed by atoms with Crippen LogP contribution < -0.4 is 20.7 Å². The molecule has 0 saturated carbocycles. The van der Waals surface area contributed by atoms with Crippen LogP contribution in [-0.4, -0.2) is 21.9 Å². The summed E-state index contributed by atoms with van der Waals surface area (Å²) in [7, 11) is 0. The number of alkyl halides is 3. The molecule has 1 heterocycles. The Hall–Kier alpha value is -4.41. The van der Waals surface area contributed by atoms with Gasteiger partial charge in [0.05, 0.1) is 5.56 Å². The number of ether oxygens (including phenoxy) is 1. The number of urea groups is 1. The molecule has 3 rings (SSSR count). The minimum Gasteiger partial charge on any atom is -0.439 e. The molecule has 0 aliphatic rings. The fraction of sp³-hybridized carbons (Fsp3) is 0.0909. The van der Waals surface area contributed by atoms with E-state index in [2.05, 4.69) is 32.5 Å². The molecule has 0 aliphatic heterocycles. The van der Waals surface area contributed by atoms with E-state index in [9.17, 15) is 22.8 Å². The summed E-state index contributed by atoms with van der Waals surface area (Å²) in [6.07, 6.45) is -2.21. The zero-order valence-corrected chi connectivity index (χ0v) is 17.2. The number of rotatable bonds is 6. The Morgan fingerprint density at radius 2 is 1.64 bits per heavy atom. The zero-order chi connectivity index (χ0) is 24.0. The molecule has 0 aliphatic carbocycles. The van der Waals surface area contributed by atoms with Crippen molar-refractivity contribution in [2.24, 2.45) is 0 Å². The van der Waals surface area contributed by atoms with Gasteiger partial charge < -0.3 is 20.7 Å². The van der Waals surface area contributed by atoms with E-state index in [1.807, 2.05) is 0 Å². The van der Waals surface area contributed by atoms with Crippen LogP contribution in [0.15, 0.2) is 67.5 Å². The SMILES string of the molecule is C=CC(=O)Nc1cc(Oc2ccc(NC(=O)Nc3ccc(C)c(C(F)(F)F)c3)cc2)ncn1. The van der Waals surface area contributed by atoms with E-state index in [1.54, 1.807) is 12.1 Å². The number of carbonyl (C=O) groups is 2. The molecule has 3 N–H and O–H groups in total. The summed E-state index contributed by atoms with van der Waals surface area (Å²) >= 11 is 0. The zero-order valence-electron chi connectivity index (χ0n) is 17.2. The van der Waals surface area contributed by atoms with Crippen molar-refractivity contribution < 1.29 is 27.5 Å². The molecule has 33 heavy (non-hydrogen) atoms. The van der Waals surface area contributed by atoms with Gasteiger partial charge in [0.25, 0.3) is 0 Å². The summed E-state index contributed by atoms with van der Waals surface area (Å²) in [5, 5.41) is 7.37. The van der Waals surface area contributed by atoms with E-state index in [-0.39, 0.29) is 22.9 Å². The number of nitrogens with one attached hydrogen (secondary N) is 3. The molecule has 0 unspecified atom stereocenters. The highest BCUT2D eigenvalue weighted by Gasteiger charge is 2.32. The lowest BCUT2D eigenvalue weighted by Gasteiger charge is -2.13. The average molecular weight is 457 g/mol. The molecule has 11 heteroatoms. The van der Waals surface area contributed by atoms with Gasteiger partial charge in [0.2, 0.25) is 11.8 Å². The summed E-state index contributed by atoms with van der Waals surface area (Å²) in [5.74, 6) is 0.343. The number of nitrogens with zero attached hydrogens (tertiary/aromatic N) is 2. The lowest BCUT2D eigenvalue weighted by Crippen LogP contribution is -2.20. The van der Waals surface area contributed by atoms with E-state index in [1.165, 1.54) is 43.6 Å². The Morgan fingerprint density at radius 1 is 0.970 bits per heavy atom. The number of anilines is 3. The molecule has 170 valence electrons. The molecular formula is C22H18F3N5O3. The Morgan fingerprint density at radius 3 is 2.30 bits per heavy atom. The maximum absolute atomic E-state index is 13.0. The van der Waals surface area contributed by atoms with Gasteiger partial charge in [0, 0.05) is 17.4 Å². The average Bonchev–Trinajstić information content (AvgIpc) is 2.76. The summed E-state index contributed by atoms with van der Waals surface area (Å²) in [6, 6.07) is 10.4. The quantitative estimate of drug-likeness (QED) is 0.432. The largest absolute Gasteiger partial charge is 0.439 e. The first-order valence-corrected chi connectivity index (χ1v) is 9.43. The molecule has 0 spiro atoms. The van der Waals surface area contributed by atoms with Gasteiger partial charge in [0.15, 0.2) is 0 Å². The monoisotopic (exact) mass is 457 g/mol. The van der Waals surface area contributed by atoms with Crippen molar-refractivity contribution in [3.8, 4) is 11.6 Å². The van der Waals surface area contributed by atoms with Crippen LogP contribution in [0, 0.1) is 6.92 Å². The van der Waals surface area contributed by atoms with Gasteiger partial charge >= 0.3 is 12.2 Å². The number of hydrogen-bond donors (Lipinski definition) is 3. The molecule has 2 aromatic carbocycles. The molecule has 0 atom stereocenters. The smallest absolute Gasteiger partial charge is 0.416 e. The predicted molar refractivity (Wildman–Crippen MR) is 116 cm³/mol. The van der Waals surface area contributed by atoms with Gasteiger partial charge in [-0.25, -0.2) is 14.8 Å². The van der Waals surface area contributed by atoms with Crippen LogP contribution in [0.25, 0.3) is 0 Å².